The number of likely N-dealkylation sites (tertiary alicyclic amines) is 1. The maximum absolute atomic E-state index is 13.2. The van der Waals surface area contributed by atoms with Gasteiger partial charge in [0, 0.05) is 30.8 Å². The van der Waals surface area contributed by atoms with E-state index in [9.17, 15) is 32.7 Å². The van der Waals surface area contributed by atoms with Crippen molar-refractivity contribution in [1.82, 2.24) is 24.4 Å². The third-order valence-electron chi connectivity index (χ3n) is 5.92. The van der Waals surface area contributed by atoms with Gasteiger partial charge in [0.2, 0.25) is 11.8 Å². The number of nitrogens with one attached hydrogen (secondary N) is 1. The van der Waals surface area contributed by atoms with Gasteiger partial charge < -0.3 is 15.3 Å². The first-order chi connectivity index (χ1) is 16.0. The number of carbonyl (C=O) groups is 2. The molecule has 2 aromatic heterocycles. The first-order valence-electron chi connectivity index (χ1n) is 11.2. The van der Waals surface area contributed by atoms with Crippen LogP contribution in [-0.2, 0) is 11.3 Å². The van der Waals surface area contributed by atoms with Gasteiger partial charge in [0.1, 0.15) is 11.7 Å². The van der Waals surface area contributed by atoms with Gasteiger partial charge in [0.05, 0.1) is 6.20 Å². The molecule has 1 aliphatic heterocycles. The standard InChI is InChI=1S/C22H26F3N5O4/c1-12(2)11-29-19-13(5-8-16(31)28-9-3-4-15(28)22(23,24)25)10-26-30(19)21(34)17(20(29)33)18(32)27-14-6-7-14/h5,8,10,12,14-15,33H,3-4,6-7,9,11H2,1-2H3,(H,27,32). The van der Waals surface area contributed by atoms with Crippen molar-refractivity contribution in [2.45, 2.75) is 64.3 Å². The Morgan fingerprint density at radius 2 is 2.00 bits per heavy atom. The number of amides is 2. The van der Waals surface area contributed by atoms with E-state index in [1.165, 1.54) is 16.8 Å². The van der Waals surface area contributed by atoms with Gasteiger partial charge in [0.25, 0.3) is 11.5 Å². The SMILES string of the molecule is CC(C)Cn1c(O)c(C(=O)NC2CC2)c(=O)n2ncc(C=CC(=O)N3CCCC3C(F)(F)F)c12. The summed E-state index contributed by atoms with van der Waals surface area (Å²) in [6, 6.07) is -1.86. The lowest BCUT2D eigenvalue weighted by Crippen LogP contribution is -2.43. The zero-order valence-corrected chi connectivity index (χ0v) is 18.8. The van der Waals surface area contributed by atoms with Crippen LogP contribution in [0.25, 0.3) is 11.7 Å². The topological polar surface area (TPSA) is 109 Å². The molecule has 0 radical (unpaired) electrons. The summed E-state index contributed by atoms with van der Waals surface area (Å²) < 4.78 is 42.0. The molecule has 9 nitrogen and oxygen atoms in total. The summed E-state index contributed by atoms with van der Waals surface area (Å²) in [6.45, 7) is 3.97. The van der Waals surface area contributed by atoms with Gasteiger partial charge in [-0.15, -0.1) is 0 Å². The van der Waals surface area contributed by atoms with E-state index in [0.717, 1.165) is 28.3 Å². The number of nitrogens with zero attached hydrogens (tertiary/aromatic N) is 4. The van der Waals surface area contributed by atoms with Gasteiger partial charge in [-0.2, -0.15) is 22.8 Å². The molecule has 1 aliphatic carbocycles. The Morgan fingerprint density at radius 1 is 1.29 bits per heavy atom. The van der Waals surface area contributed by atoms with Crippen LogP contribution in [0.2, 0.25) is 0 Å². The van der Waals surface area contributed by atoms with Gasteiger partial charge in [-0.1, -0.05) is 13.8 Å². The predicted molar refractivity (Wildman–Crippen MR) is 116 cm³/mol. The summed E-state index contributed by atoms with van der Waals surface area (Å²) in [4.78, 5) is 38.9. The van der Waals surface area contributed by atoms with E-state index in [-0.39, 0.29) is 49.1 Å². The summed E-state index contributed by atoms with van der Waals surface area (Å²) in [6.07, 6.45) is 0.751. The zero-order chi connectivity index (χ0) is 24.8. The quantitative estimate of drug-likeness (QED) is 0.616. The van der Waals surface area contributed by atoms with Gasteiger partial charge >= 0.3 is 6.18 Å². The van der Waals surface area contributed by atoms with Crippen molar-refractivity contribution in [2.24, 2.45) is 5.92 Å². The van der Waals surface area contributed by atoms with Crippen molar-refractivity contribution >= 4 is 23.5 Å². The number of alkyl halides is 3. The maximum atomic E-state index is 13.2. The van der Waals surface area contributed by atoms with Crippen LogP contribution in [0.4, 0.5) is 13.2 Å². The number of rotatable bonds is 6. The van der Waals surface area contributed by atoms with Crippen molar-refractivity contribution in [2.75, 3.05) is 6.54 Å². The highest BCUT2D eigenvalue weighted by molar-refractivity contribution is 5.97. The van der Waals surface area contributed by atoms with Crippen LogP contribution in [0.3, 0.4) is 0 Å². The van der Waals surface area contributed by atoms with Gasteiger partial charge in [-0.05, 0) is 37.7 Å². The van der Waals surface area contributed by atoms with E-state index in [1.54, 1.807) is 0 Å². The van der Waals surface area contributed by atoms with E-state index < -0.39 is 41.0 Å². The largest absolute Gasteiger partial charge is 0.494 e. The third-order valence-corrected chi connectivity index (χ3v) is 5.92. The highest BCUT2D eigenvalue weighted by atomic mass is 19.4. The Morgan fingerprint density at radius 3 is 2.62 bits per heavy atom. The first kappa shape index (κ1) is 23.8. The highest BCUT2D eigenvalue weighted by Crippen LogP contribution is 2.33. The average molecular weight is 481 g/mol. The molecule has 1 saturated carbocycles. The molecule has 1 saturated heterocycles. The van der Waals surface area contributed by atoms with Gasteiger partial charge in [-0.3, -0.25) is 19.0 Å². The molecule has 2 fully saturated rings. The Hall–Kier alpha value is -3.31. The summed E-state index contributed by atoms with van der Waals surface area (Å²) in [5, 5.41) is 17.6. The molecule has 0 bridgehead atoms. The summed E-state index contributed by atoms with van der Waals surface area (Å²) >= 11 is 0. The van der Waals surface area contributed by atoms with E-state index in [4.69, 9.17) is 0 Å². The second-order valence-electron chi connectivity index (χ2n) is 9.16. The summed E-state index contributed by atoms with van der Waals surface area (Å²) in [5.74, 6) is -2.02. The summed E-state index contributed by atoms with van der Waals surface area (Å²) in [5.41, 5.74) is -0.872. The number of carbonyl (C=O) groups excluding carboxylic acids is 2. The highest BCUT2D eigenvalue weighted by Gasteiger charge is 2.47. The van der Waals surface area contributed by atoms with Crippen molar-refractivity contribution in [1.29, 1.82) is 0 Å². The van der Waals surface area contributed by atoms with Crippen molar-refractivity contribution in [3.05, 3.63) is 33.8 Å². The Bertz CT molecular complexity index is 1210. The average Bonchev–Trinajstić information content (AvgIpc) is 3.25. The van der Waals surface area contributed by atoms with Crippen LogP contribution >= 0.6 is 0 Å². The minimum Gasteiger partial charge on any atom is -0.494 e. The Balaban J connectivity index is 1.73. The molecule has 2 amide bonds. The van der Waals surface area contributed by atoms with Crippen LogP contribution in [0, 0.1) is 5.92 Å². The number of hydrogen-bond donors (Lipinski definition) is 2. The molecule has 0 spiro atoms. The summed E-state index contributed by atoms with van der Waals surface area (Å²) in [7, 11) is 0. The molecule has 2 aliphatic rings. The van der Waals surface area contributed by atoms with Crippen LogP contribution in [0.1, 0.15) is 55.5 Å². The number of fused-ring (bicyclic) bond motifs is 1. The molecular weight excluding hydrogens is 455 g/mol. The van der Waals surface area contributed by atoms with Crippen LogP contribution in [-0.4, -0.2) is 60.8 Å². The van der Waals surface area contributed by atoms with Crippen molar-refractivity contribution in [3.8, 4) is 5.88 Å². The molecule has 3 heterocycles. The van der Waals surface area contributed by atoms with Crippen molar-refractivity contribution in [3.63, 3.8) is 0 Å². The molecule has 184 valence electrons. The van der Waals surface area contributed by atoms with Gasteiger partial charge in [-0.25, -0.2) is 0 Å². The maximum Gasteiger partial charge on any atom is 0.408 e. The van der Waals surface area contributed by atoms with E-state index in [2.05, 4.69) is 10.4 Å². The number of halogens is 3. The predicted octanol–water partition coefficient (Wildman–Crippen LogP) is 2.32. The fraction of sp³-hybridized carbons (Fsp3) is 0.545. The lowest BCUT2D eigenvalue weighted by molar-refractivity contribution is -0.180. The molecule has 12 heteroatoms. The van der Waals surface area contributed by atoms with Crippen LogP contribution < -0.4 is 10.9 Å². The number of hydrogen-bond acceptors (Lipinski definition) is 5. The molecule has 34 heavy (non-hydrogen) atoms. The minimum absolute atomic E-state index is 0.000418. The Kier molecular flexibility index (Phi) is 6.17. The molecule has 0 aromatic carbocycles. The fourth-order valence-electron chi connectivity index (χ4n) is 4.18. The smallest absolute Gasteiger partial charge is 0.408 e. The molecular formula is C22H26F3N5O4. The first-order valence-corrected chi connectivity index (χ1v) is 11.2. The van der Waals surface area contributed by atoms with E-state index >= 15 is 0 Å². The Labute approximate surface area is 192 Å². The van der Waals surface area contributed by atoms with E-state index in [1.807, 2.05) is 13.8 Å². The number of aromatic hydroxyl groups is 1. The molecule has 1 atom stereocenters. The molecule has 2 N–H and O–H groups in total. The third kappa shape index (κ3) is 4.53. The van der Waals surface area contributed by atoms with Gasteiger partial charge in [0.15, 0.2) is 5.56 Å². The fourth-order valence-corrected chi connectivity index (χ4v) is 4.18. The van der Waals surface area contributed by atoms with Crippen LogP contribution in [0.5, 0.6) is 5.88 Å². The molecule has 1 unspecified atom stereocenters. The number of aromatic nitrogens is 3. The van der Waals surface area contributed by atoms with Crippen molar-refractivity contribution < 1.29 is 27.9 Å². The monoisotopic (exact) mass is 481 g/mol. The zero-order valence-electron chi connectivity index (χ0n) is 18.8. The second-order valence-corrected chi connectivity index (χ2v) is 9.16. The lowest BCUT2D eigenvalue weighted by atomic mass is 10.2. The van der Waals surface area contributed by atoms with Crippen LogP contribution in [0.15, 0.2) is 17.1 Å². The lowest BCUT2D eigenvalue weighted by Gasteiger charge is -2.25. The minimum atomic E-state index is -4.51. The van der Waals surface area contributed by atoms with E-state index in [0.29, 0.717) is 0 Å². The normalized spacial score (nSPS) is 19.0. The second kappa shape index (κ2) is 8.80. The molecule has 4 rings (SSSR count). The molecule has 2 aromatic rings.